The minimum absolute atomic E-state index is 0.106. The molecule has 0 N–H and O–H groups in total. The molecule has 2 fully saturated rings. The van der Waals surface area contributed by atoms with Gasteiger partial charge in [0.2, 0.25) is 0 Å². The molecule has 2 atom stereocenters. The standard InChI is InChI=1S/C16H17F3OS/c17-16(18,19)12-4-1-3-10(7-12)15(20)11-8-13-5-2-6-14(9-11)21-13/h1,3-4,7,11,13-14H,2,5-6,8-9H2. The van der Waals surface area contributed by atoms with Gasteiger partial charge in [-0.05, 0) is 37.8 Å². The topological polar surface area (TPSA) is 17.1 Å². The first-order valence-corrected chi connectivity index (χ1v) is 8.24. The van der Waals surface area contributed by atoms with Crippen LogP contribution in [0, 0.1) is 5.92 Å². The van der Waals surface area contributed by atoms with Gasteiger partial charge in [0.1, 0.15) is 0 Å². The lowest BCUT2D eigenvalue weighted by molar-refractivity contribution is -0.137. The number of alkyl halides is 3. The largest absolute Gasteiger partial charge is 0.416 e. The molecule has 5 heteroatoms. The first-order chi connectivity index (χ1) is 9.93. The van der Waals surface area contributed by atoms with E-state index in [1.165, 1.54) is 18.6 Å². The smallest absolute Gasteiger partial charge is 0.294 e. The first-order valence-electron chi connectivity index (χ1n) is 7.30. The molecule has 1 nitrogen and oxygen atoms in total. The summed E-state index contributed by atoms with van der Waals surface area (Å²) in [6, 6.07) is 4.85. The predicted octanol–water partition coefficient (Wildman–Crippen LogP) is 4.95. The lowest BCUT2D eigenvalue weighted by atomic mass is 9.84. The zero-order valence-electron chi connectivity index (χ0n) is 11.5. The molecule has 2 heterocycles. The van der Waals surface area contributed by atoms with Crippen LogP contribution in [0.25, 0.3) is 0 Å². The van der Waals surface area contributed by atoms with E-state index < -0.39 is 11.7 Å². The van der Waals surface area contributed by atoms with Gasteiger partial charge in [-0.3, -0.25) is 4.79 Å². The number of thioether (sulfide) groups is 1. The van der Waals surface area contributed by atoms with E-state index in [4.69, 9.17) is 0 Å². The van der Waals surface area contributed by atoms with Crippen LogP contribution >= 0.6 is 11.8 Å². The van der Waals surface area contributed by atoms with Crippen LogP contribution in [0.4, 0.5) is 13.2 Å². The minimum atomic E-state index is -4.39. The van der Waals surface area contributed by atoms with Gasteiger partial charge in [0.15, 0.2) is 5.78 Å². The Bertz CT molecular complexity index is 529. The number of Topliss-reactive ketones (excluding diaryl/α,β-unsaturated/α-hetero) is 1. The van der Waals surface area contributed by atoms with E-state index in [0.29, 0.717) is 10.5 Å². The van der Waals surface area contributed by atoms with Gasteiger partial charge in [0.25, 0.3) is 0 Å². The molecule has 0 radical (unpaired) electrons. The van der Waals surface area contributed by atoms with Crippen molar-refractivity contribution >= 4 is 17.5 Å². The second-order valence-corrected chi connectivity index (χ2v) is 7.53. The number of rotatable bonds is 2. The van der Waals surface area contributed by atoms with E-state index in [2.05, 4.69) is 0 Å². The summed E-state index contributed by atoms with van der Waals surface area (Å²) in [6.45, 7) is 0. The third-order valence-electron chi connectivity index (χ3n) is 4.38. The monoisotopic (exact) mass is 314 g/mol. The van der Waals surface area contributed by atoms with E-state index in [1.54, 1.807) is 0 Å². The molecule has 2 saturated heterocycles. The van der Waals surface area contributed by atoms with Gasteiger partial charge in [0.05, 0.1) is 5.56 Å². The average Bonchev–Trinajstić information content (AvgIpc) is 2.45. The van der Waals surface area contributed by atoms with E-state index >= 15 is 0 Å². The second-order valence-electron chi connectivity index (χ2n) is 5.92. The predicted molar refractivity (Wildman–Crippen MR) is 77.5 cm³/mol. The summed E-state index contributed by atoms with van der Waals surface area (Å²) < 4.78 is 38.2. The summed E-state index contributed by atoms with van der Waals surface area (Å²) in [5, 5.41) is 1.02. The van der Waals surface area contributed by atoms with Crippen LogP contribution in [0.15, 0.2) is 24.3 Å². The molecular formula is C16H17F3OS. The molecule has 0 aliphatic carbocycles. The Hall–Kier alpha value is -0.970. The minimum Gasteiger partial charge on any atom is -0.294 e. The Kier molecular flexibility index (Phi) is 4.04. The molecule has 0 aromatic heterocycles. The van der Waals surface area contributed by atoms with Crippen molar-refractivity contribution < 1.29 is 18.0 Å². The van der Waals surface area contributed by atoms with Crippen molar-refractivity contribution in [3.05, 3.63) is 35.4 Å². The molecule has 3 rings (SSSR count). The number of carbonyl (C=O) groups excluding carboxylic acids is 1. The lowest BCUT2D eigenvalue weighted by Gasteiger charge is -2.38. The molecule has 2 aliphatic rings. The molecule has 1 aromatic rings. The molecule has 0 spiro atoms. The number of fused-ring (bicyclic) bond motifs is 2. The maximum atomic E-state index is 12.7. The number of hydrogen-bond donors (Lipinski definition) is 0. The second kappa shape index (κ2) is 5.67. The fraction of sp³-hybridized carbons (Fsp3) is 0.562. The molecule has 1 aromatic carbocycles. The third kappa shape index (κ3) is 3.28. The molecular weight excluding hydrogens is 297 g/mol. The summed E-state index contributed by atoms with van der Waals surface area (Å²) in [7, 11) is 0. The maximum Gasteiger partial charge on any atom is 0.416 e. The Balaban J connectivity index is 1.79. The van der Waals surface area contributed by atoms with Crippen LogP contribution in [0.2, 0.25) is 0 Å². The summed E-state index contributed by atoms with van der Waals surface area (Å²) >= 11 is 1.96. The molecule has 0 saturated carbocycles. The van der Waals surface area contributed by atoms with Crippen LogP contribution in [-0.2, 0) is 6.18 Å². The van der Waals surface area contributed by atoms with Crippen LogP contribution in [0.5, 0.6) is 0 Å². The zero-order chi connectivity index (χ0) is 15.0. The van der Waals surface area contributed by atoms with E-state index in [-0.39, 0.29) is 17.3 Å². The molecule has 114 valence electrons. The van der Waals surface area contributed by atoms with Crippen molar-refractivity contribution in [2.75, 3.05) is 0 Å². The number of hydrogen-bond acceptors (Lipinski definition) is 2. The number of benzene rings is 1. The fourth-order valence-electron chi connectivity index (χ4n) is 3.36. The molecule has 2 bridgehead atoms. The van der Waals surface area contributed by atoms with Gasteiger partial charge in [0, 0.05) is 22.0 Å². The molecule has 2 unspecified atom stereocenters. The summed E-state index contributed by atoms with van der Waals surface area (Å²) in [5.41, 5.74) is -0.529. The molecule has 0 amide bonds. The van der Waals surface area contributed by atoms with Crippen LogP contribution in [-0.4, -0.2) is 16.3 Å². The number of carbonyl (C=O) groups is 1. The van der Waals surface area contributed by atoms with Crippen molar-refractivity contribution in [2.45, 2.75) is 48.8 Å². The van der Waals surface area contributed by atoms with E-state index in [1.807, 2.05) is 11.8 Å². The first kappa shape index (κ1) is 14.9. The van der Waals surface area contributed by atoms with Gasteiger partial charge in [-0.2, -0.15) is 24.9 Å². The Morgan fingerprint density at radius 1 is 1.14 bits per heavy atom. The summed E-state index contributed by atoms with van der Waals surface area (Å²) in [6.07, 6.45) is 0.718. The van der Waals surface area contributed by atoms with Crippen molar-refractivity contribution in [1.82, 2.24) is 0 Å². The summed E-state index contributed by atoms with van der Waals surface area (Å²) in [5.74, 6) is -0.219. The normalized spacial score (nSPS) is 29.2. The molecule has 2 aliphatic heterocycles. The third-order valence-corrected chi connectivity index (χ3v) is 6.00. The highest BCUT2D eigenvalue weighted by molar-refractivity contribution is 8.00. The van der Waals surface area contributed by atoms with Crippen molar-refractivity contribution in [3.8, 4) is 0 Å². The van der Waals surface area contributed by atoms with Gasteiger partial charge >= 0.3 is 6.18 Å². The zero-order valence-corrected chi connectivity index (χ0v) is 12.3. The van der Waals surface area contributed by atoms with E-state index in [9.17, 15) is 18.0 Å². The lowest BCUT2D eigenvalue weighted by Crippen LogP contribution is -2.33. The van der Waals surface area contributed by atoms with Gasteiger partial charge < -0.3 is 0 Å². The van der Waals surface area contributed by atoms with Crippen LogP contribution < -0.4 is 0 Å². The highest BCUT2D eigenvalue weighted by atomic mass is 32.2. The van der Waals surface area contributed by atoms with Crippen LogP contribution in [0.1, 0.15) is 48.0 Å². The SMILES string of the molecule is O=C(c1cccc(C(F)(F)F)c1)C1CC2CCCC(C1)S2. The van der Waals surface area contributed by atoms with E-state index in [0.717, 1.165) is 37.8 Å². The van der Waals surface area contributed by atoms with Crippen LogP contribution in [0.3, 0.4) is 0 Å². The fourth-order valence-corrected chi connectivity index (χ4v) is 5.19. The Labute approximate surface area is 126 Å². The van der Waals surface area contributed by atoms with Crippen molar-refractivity contribution in [3.63, 3.8) is 0 Å². The molecule has 21 heavy (non-hydrogen) atoms. The maximum absolute atomic E-state index is 12.7. The number of ketones is 1. The summed E-state index contributed by atoms with van der Waals surface area (Å²) in [4.78, 5) is 12.5. The highest BCUT2D eigenvalue weighted by Crippen LogP contribution is 2.44. The number of halogens is 3. The highest BCUT2D eigenvalue weighted by Gasteiger charge is 2.37. The average molecular weight is 314 g/mol. The quantitative estimate of drug-likeness (QED) is 0.718. The van der Waals surface area contributed by atoms with Gasteiger partial charge in [-0.15, -0.1) is 0 Å². The van der Waals surface area contributed by atoms with Gasteiger partial charge in [-0.25, -0.2) is 0 Å². The Morgan fingerprint density at radius 3 is 2.43 bits per heavy atom. The van der Waals surface area contributed by atoms with Crippen molar-refractivity contribution in [1.29, 1.82) is 0 Å². The van der Waals surface area contributed by atoms with Crippen molar-refractivity contribution in [2.24, 2.45) is 5.92 Å². The van der Waals surface area contributed by atoms with Gasteiger partial charge in [-0.1, -0.05) is 18.6 Å². The Morgan fingerprint density at radius 2 is 1.81 bits per heavy atom.